The van der Waals surface area contributed by atoms with Gasteiger partial charge in [-0.2, -0.15) is 0 Å². The molecule has 0 N–H and O–H groups in total. The van der Waals surface area contributed by atoms with Gasteiger partial charge >= 0.3 is 0 Å². The maximum Gasteiger partial charge on any atom is 0.159 e. The fourth-order valence-electron chi connectivity index (χ4n) is 6.46. The average molecular weight is 614 g/mol. The highest BCUT2D eigenvalue weighted by atomic mass is 32.1. The molecule has 0 saturated heterocycles. The topological polar surface area (TPSA) is 29.0 Å². The summed E-state index contributed by atoms with van der Waals surface area (Å²) >= 11 is 11.8. The van der Waals surface area contributed by atoms with Crippen LogP contribution in [-0.4, -0.2) is 25.7 Å². The lowest BCUT2D eigenvalue weighted by Crippen LogP contribution is -2.28. The van der Waals surface area contributed by atoms with Crippen molar-refractivity contribution in [2.24, 2.45) is 0 Å². The Morgan fingerprint density at radius 2 is 1.31 bits per heavy atom. The summed E-state index contributed by atoms with van der Waals surface area (Å²) in [6.07, 6.45) is 10.7. The summed E-state index contributed by atoms with van der Waals surface area (Å²) in [4.78, 5) is 13.1. The highest BCUT2D eigenvalue weighted by molar-refractivity contribution is 7.90. The number of fused-ring (bicyclic) bond motifs is 5. The van der Waals surface area contributed by atoms with Crippen LogP contribution in [0.3, 0.4) is 0 Å². The van der Waals surface area contributed by atoms with Crippen molar-refractivity contribution < 1.29 is 0 Å². The van der Waals surface area contributed by atoms with E-state index in [0.717, 1.165) is 33.6 Å². The molecule has 0 saturated carbocycles. The fourth-order valence-corrected chi connectivity index (χ4v) is 6.97. The van der Waals surface area contributed by atoms with E-state index in [1.54, 1.807) is 6.20 Å². The summed E-state index contributed by atoms with van der Waals surface area (Å²) in [5.74, 6) is 0.992. The molecule has 0 bridgehead atoms. The number of hydrogen-bond acceptors (Lipinski definition) is 5. The molecule has 45 heavy (non-hydrogen) atoms. The van der Waals surface area contributed by atoms with Crippen molar-refractivity contribution in [2.45, 2.75) is 12.0 Å². The molecular weight excluding hydrogens is 587 g/mol. The third-order valence-electron chi connectivity index (χ3n) is 8.68. The zero-order valence-electron chi connectivity index (χ0n) is 24.2. The molecule has 0 spiro atoms. The lowest BCUT2D eigenvalue weighted by atomic mass is 9.90. The van der Waals surface area contributed by atoms with Gasteiger partial charge in [0.05, 0.1) is 27.2 Å². The van der Waals surface area contributed by atoms with Crippen molar-refractivity contribution in [2.75, 3.05) is 4.90 Å². The molecule has 1 aromatic heterocycles. The summed E-state index contributed by atoms with van der Waals surface area (Å²) in [7, 11) is 0. The standard InChI is InChI=1S/C40H27N3S2/c44-38(28-14-16-30(17-15-28)40-41-25-24-35(42-40)27-9-2-1-3-10-27)39(45)29-18-21-31(22-19-29)43-36-13-7-6-12-33(36)34-23-20-26-8-4-5-11-32(26)37(34)43/h1-25,33,36H. The van der Waals surface area contributed by atoms with Gasteiger partial charge in [0.1, 0.15) is 0 Å². The minimum atomic E-state index is 0.227. The Morgan fingerprint density at radius 3 is 2.09 bits per heavy atom. The molecule has 2 heterocycles. The lowest BCUT2D eigenvalue weighted by molar-refractivity contribution is 0.745. The number of aromatic nitrogens is 2. The molecule has 3 nitrogen and oxygen atoms in total. The second-order valence-electron chi connectivity index (χ2n) is 11.3. The van der Waals surface area contributed by atoms with Crippen molar-refractivity contribution in [3.63, 3.8) is 0 Å². The van der Waals surface area contributed by atoms with Crippen molar-refractivity contribution in [1.82, 2.24) is 9.97 Å². The van der Waals surface area contributed by atoms with Crippen LogP contribution in [0.15, 0.2) is 152 Å². The average Bonchev–Trinajstić information content (AvgIpc) is 3.46. The summed E-state index contributed by atoms with van der Waals surface area (Å²) in [6, 6.07) is 42.0. The normalized spacial score (nSPS) is 16.4. The van der Waals surface area contributed by atoms with Gasteiger partial charge < -0.3 is 4.90 Å². The number of rotatable bonds is 6. The first-order valence-corrected chi connectivity index (χ1v) is 15.8. The first-order valence-electron chi connectivity index (χ1n) is 15.0. The second kappa shape index (κ2) is 11.4. The fraction of sp³-hybridized carbons (Fsp3) is 0.0500. The molecule has 1 aliphatic carbocycles. The minimum Gasteiger partial charge on any atom is -0.333 e. The number of allylic oxidation sites excluding steroid dienone is 2. The first kappa shape index (κ1) is 27.4. The maximum atomic E-state index is 5.92. The molecule has 8 rings (SSSR count). The SMILES string of the molecule is S=C(C(=S)c1ccc(N2c3c(ccc4ccccc34)C3C=CC=CC32)cc1)c1ccc(-c2nccc(-c3ccccc3)n2)cc1. The molecule has 1 aliphatic heterocycles. The predicted molar refractivity (Wildman–Crippen MR) is 194 cm³/mol. The van der Waals surface area contributed by atoms with Gasteiger partial charge in [-0.05, 0) is 40.3 Å². The van der Waals surface area contributed by atoms with Gasteiger partial charge in [-0.1, -0.05) is 152 Å². The van der Waals surface area contributed by atoms with Crippen LogP contribution in [0.5, 0.6) is 0 Å². The van der Waals surface area contributed by atoms with E-state index >= 15 is 0 Å². The highest BCUT2D eigenvalue weighted by Crippen LogP contribution is 2.50. The Kier molecular flexibility index (Phi) is 6.98. The Hall–Kier alpha value is -5.10. The molecule has 2 unspecified atom stereocenters. The quantitative estimate of drug-likeness (QED) is 0.138. The van der Waals surface area contributed by atoms with Gasteiger partial charge in [-0.3, -0.25) is 0 Å². The summed E-state index contributed by atoms with van der Waals surface area (Å²) in [6.45, 7) is 0. The van der Waals surface area contributed by atoms with Crippen molar-refractivity contribution in [3.8, 4) is 22.6 Å². The van der Waals surface area contributed by atoms with E-state index in [-0.39, 0.29) is 6.04 Å². The van der Waals surface area contributed by atoms with Gasteiger partial charge in [0.25, 0.3) is 0 Å². The molecule has 2 atom stereocenters. The van der Waals surface area contributed by atoms with E-state index in [4.69, 9.17) is 29.4 Å². The van der Waals surface area contributed by atoms with Crippen LogP contribution in [0.4, 0.5) is 11.4 Å². The number of nitrogens with zero attached hydrogens (tertiary/aromatic N) is 3. The van der Waals surface area contributed by atoms with E-state index in [2.05, 4.69) is 94.9 Å². The zero-order chi connectivity index (χ0) is 30.3. The summed E-state index contributed by atoms with van der Waals surface area (Å²) in [5, 5.41) is 2.52. The number of anilines is 2. The van der Waals surface area contributed by atoms with E-state index in [0.29, 0.717) is 21.5 Å². The molecule has 5 heteroatoms. The molecule has 0 fully saturated rings. The van der Waals surface area contributed by atoms with Gasteiger partial charge in [-0.15, -0.1) is 0 Å². The number of hydrogen-bond donors (Lipinski definition) is 0. The van der Waals surface area contributed by atoms with Gasteiger partial charge in [0.2, 0.25) is 0 Å². The molecule has 5 aromatic carbocycles. The Labute approximate surface area is 273 Å². The third kappa shape index (κ3) is 4.91. The van der Waals surface area contributed by atoms with Crippen molar-refractivity contribution >= 4 is 56.3 Å². The Morgan fingerprint density at radius 1 is 0.622 bits per heavy atom. The second-order valence-corrected chi connectivity index (χ2v) is 12.1. The highest BCUT2D eigenvalue weighted by Gasteiger charge is 2.38. The molecule has 6 aromatic rings. The van der Waals surface area contributed by atoms with Crippen molar-refractivity contribution in [3.05, 3.63) is 169 Å². The zero-order valence-corrected chi connectivity index (χ0v) is 25.9. The van der Waals surface area contributed by atoms with Gasteiger partial charge in [0.15, 0.2) is 5.82 Å². The Balaban J connectivity index is 1.05. The summed E-state index contributed by atoms with van der Waals surface area (Å²) in [5.41, 5.74) is 8.51. The van der Waals surface area contributed by atoms with Crippen LogP contribution in [-0.2, 0) is 0 Å². The van der Waals surface area contributed by atoms with Crippen molar-refractivity contribution in [1.29, 1.82) is 0 Å². The van der Waals surface area contributed by atoms with Crippen LogP contribution in [0.25, 0.3) is 33.4 Å². The number of thiocarbonyl (C=S) groups is 2. The molecule has 0 amide bonds. The molecule has 214 valence electrons. The predicted octanol–water partition coefficient (Wildman–Crippen LogP) is 9.83. The van der Waals surface area contributed by atoms with Gasteiger partial charge in [0, 0.05) is 34.3 Å². The maximum absolute atomic E-state index is 5.92. The lowest BCUT2D eigenvalue weighted by Gasteiger charge is -2.29. The third-order valence-corrected chi connectivity index (χ3v) is 9.69. The molecular formula is C40H27N3S2. The summed E-state index contributed by atoms with van der Waals surface area (Å²) < 4.78 is 0. The van der Waals surface area contributed by atoms with E-state index in [1.807, 2.05) is 60.7 Å². The van der Waals surface area contributed by atoms with Crippen LogP contribution < -0.4 is 4.90 Å². The minimum absolute atomic E-state index is 0.227. The molecule has 2 aliphatic rings. The van der Waals surface area contributed by atoms with Crippen LogP contribution in [0.1, 0.15) is 22.6 Å². The van der Waals surface area contributed by atoms with E-state index in [1.165, 1.54) is 22.0 Å². The first-order chi connectivity index (χ1) is 22.2. The van der Waals surface area contributed by atoms with Crippen LogP contribution >= 0.6 is 24.4 Å². The monoisotopic (exact) mass is 613 g/mol. The van der Waals surface area contributed by atoms with E-state index in [9.17, 15) is 0 Å². The Bertz CT molecular complexity index is 2150. The van der Waals surface area contributed by atoms with Gasteiger partial charge in [-0.25, -0.2) is 9.97 Å². The smallest absolute Gasteiger partial charge is 0.159 e. The number of benzene rings is 5. The molecule has 0 radical (unpaired) electrons. The van der Waals surface area contributed by atoms with Crippen LogP contribution in [0, 0.1) is 0 Å². The van der Waals surface area contributed by atoms with Crippen LogP contribution in [0.2, 0.25) is 0 Å². The largest absolute Gasteiger partial charge is 0.333 e. The van der Waals surface area contributed by atoms with E-state index < -0.39 is 0 Å².